The van der Waals surface area contributed by atoms with Crippen LogP contribution in [0.1, 0.15) is 23.6 Å². The number of para-hydroxylation sites is 1. The summed E-state index contributed by atoms with van der Waals surface area (Å²) in [7, 11) is -3.69. The lowest BCUT2D eigenvalue weighted by atomic mass is 10.1. The number of benzene rings is 2. The van der Waals surface area contributed by atoms with Gasteiger partial charge in [0.25, 0.3) is 10.0 Å². The van der Waals surface area contributed by atoms with E-state index < -0.39 is 10.0 Å². The zero-order valence-corrected chi connectivity index (χ0v) is 13.3. The molecule has 0 aliphatic carbocycles. The molecule has 0 atom stereocenters. The van der Waals surface area contributed by atoms with E-state index in [0.29, 0.717) is 5.69 Å². The van der Waals surface area contributed by atoms with Gasteiger partial charge in [0.1, 0.15) is 4.90 Å². The van der Waals surface area contributed by atoms with E-state index in [1.807, 2.05) is 32.9 Å². The molecular formula is C16H20N2O2S. The topological polar surface area (TPSA) is 72.2 Å². The Kier molecular flexibility index (Phi) is 4.23. The third-order valence-electron chi connectivity index (χ3n) is 3.56. The largest absolute Gasteiger partial charge is 0.398 e. The van der Waals surface area contributed by atoms with Gasteiger partial charge in [0.2, 0.25) is 0 Å². The van der Waals surface area contributed by atoms with Crippen molar-refractivity contribution in [1.82, 2.24) is 0 Å². The number of hydrogen-bond donors (Lipinski definition) is 2. The molecule has 2 rings (SSSR count). The molecule has 0 radical (unpaired) electrons. The van der Waals surface area contributed by atoms with E-state index in [-0.39, 0.29) is 10.6 Å². The second-order valence-corrected chi connectivity index (χ2v) is 6.74. The van der Waals surface area contributed by atoms with Gasteiger partial charge in [-0.2, -0.15) is 0 Å². The van der Waals surface area contributed by atoms with Crippen LogP contribution in [0.4, 0.5) is 11.4 Å². The van der Waals surface area contributed by atoms with Crippen LogP contribution in [0.5, 0.6) is 0 Å². The van der Waals surface area contributed by atoms with E-state index in [1.54, 1.807) is 24.3 Å². The fourth-order valence-electron chi connectivity index (χ4n) is 2.17. The normalized spacial score (nSPS) is 11.4. The number of anilines is 2. The van der Waals surface area contributed by atoms with Gasteiger partial charge >= 0.3 is 0 Å². The van der Waals surface area contributed by atoms with Crippen LogP contribution in [0.3, 0.4) is 0 Å². The molecule has 0 aliphatic rings. The Morgan fingerprint density at radius 3 is 2.38 bits per heavy atom. The van der Waals surface area contributed by atoms with Crippen LogP contribution < -0.4 is 10.5 Å². The molecule has 0 aromatic heterocycles. The summed E-state index contributed by atoms with van der Waals surface area (Å²) in [5, 5.41) is 0. The van der Waals surface area contributed by atoms with E-state index >= 15 is 0 Å². The highest BCUT2D eigenvalue weighted by Gasteiger charge is 2.19. The number of sulfonamides is 1. The minimum Gasteiger partial charge on any atom is -0.398 e. The summed E-state index contributed by atoms with van der Waals surface area (Å²) in [4.78, 5) is 0.122. The molecule has 0 bridgehead atoms. The molecule has 2 aromatic rings. The highest BCUT2D eigenvalue weighted by molar-refractivity contribution is 7.92. The van der Waals surface area contributed by atoms with E-state index in [9.17, 15) is 8.42 Å². The molecule has 0 fully saturated rings. The molecule has 0 aliphatic heterocycles. The van der Waals surface area contributed by atoms with Crippen molar-refractivity contribution in [3.63, 3.8) is 0 Å². The van der Waals surface area contributed by atoms with Crippen molar-refractivity contribution >= 4 is 21.4 Å². The molecule has 4 nitrogen and oxygen atoms in total. The summed E-state index contributed by atoms with van der Waals surface area (Å²) >= 11 is 0. The van der Waals surface area contributed by atoms with Crippen LogP contribution >= 0.6 is 0 Å². The number of nitrogens with two attached hydrogens (primary N) is 1. The molecule has 5 heteroatoms. The number of aryl methyl sites for hydroxylation is 3. The maximum absolute atomic E-state index is 12.6. The summed E-state index contributed by atoms with van der Waals surface area (Å²) in [5.41, 5.74) is 9.56. The number of rotatable bonds is 4. The molecule has 0 heterocycles. The van der Waals surface area contributed by atoms with Gasteiger partial charge in [0.15, 0.2) is 0 Å². The predicted octanol–water partition coefficient (Wildman–Crippen LogP) is 3.25. The van der Waals surface area contributed by atoms with Gasteiger partial charge in [-0.05, 0) is 55.2 Å². The SMILES string of the molecule is CCc1ccccc1NS(=O)(=O)c1cc(C)c(C)cc1N. The van der Waals surface area contributed by atoms with Crippen molar-refractivity contribution in [3.05, 3.63) is 53.1 Å². The van der Waals surface area contributed by atoms with Crippen molar-refractivity contribution in [3.8, 4) is 0 Å². The molecule has 0 saturated carbocycles. The highest BCUT2D eigenvalue weighted by Crippen LogP contribution is 2.26. The van der Waals surface area contributed by atoms with Crippen LogP contribution in [0.25, 0.3) is 0 Å². The van der Waals surface area contributed by atoms with Gasteiger partial charge < -0.3 is 5.73 Å². The zero-order chi connectivity index (χ0) is 15.6. The Bertz CT molecular complexity index is 768. The first-order chi connectivity index (χ1) is 9.85. The lowest BCUT2D eigenvalue weighted by molar-refractivity contribution is 0.601. The molecule has 21 heavy (non-hydrogen) atoms. The summed E-state index contributed by atoms with van der Waals surface area (Å²) < 4.78 is 27.8. The molecule has 0 spiro atoms. The minimum absolute atomic E-state index is 0.122. The Morgan fingerprint density at radius 2 is 1.71 bits per heavy atom. The van der Waals surface area contributed by atoms with Crippen molar-refractivity contribution < 1.29 is 8.42 Å². The third-order valence-corrected chi connectivity index (χ3v) is 4.98. The van der Waals surface area contributed by atoms with E-state index in [0.717, 1.165) is 23.1 Å². The molecule has 0 unspecified atom stereocenters. The first-order valence-electron chi connectivity index (χ1n) is 6.82. The smallest absolute Gasteiger partial charge is 0.263 e. The lowest BCUT2D eigenvalue weighted by Gasteiger charge is -2.14. The number of nitrogen functional groups attached to an aromatic ring is 1. The molecule has 3 N–H and O–H groups in total. The van der Waals surface area contributed by atoms with Gasteiger partial charge in [0, 0.05) is 0 Å². The van der Waals surface area contributed by atoms with Crippen LogP contribution in [0.15, 0.2) is 41.3 Å². The summed E-state index contributed by atoms with van der Waals surface area (Å²) in [5.74, 6) is 0. The van der Waals surface area contributed by atoms with E-state index in [1.165, 1.54) is 0 Å². The second kappa shape index (κ2) is 5.77. The molecule has 2 aromatic carbocycles. The molecule has 112 valence electrons. The van der Waals surface area contributed by atoms with Crippen LogP contribution in [-0.4, -0.2) is 8.42 Å². The lowest BCUT2D eigenvalue weighted by Crippen LogP contribution is -2.16. The van der Waals surface area contributed by atoms with Crippen molar-refractivity contribution in [2.45, 2.75) is 32.1 Å². The second-order valence-electron chi connectivity index (χ2n) is 5.09. The first-order valence-corrected chi connectivity index (χ1v) is 8.31. The van der Waals surface area contributed by atoms with Crippen molar-refractivity contribution in [1.29, 1.82) is 0 Å². The summed E-state index contributed by atoms with van der Waals surface area (Å²) in [6.07, 6.45) is 0.751. The third kappa shape index (κ3) is 3.19. The van der Waals surface area contributed by atoms with Gasteiger partial charge in [-0.25, -0.2) is 8.42 Å². The Balaban J connectivity index is 2.46. The van der Waals surface area contributed by atoms with Crippen LogP contribution in [-0.2, 0) is 16.4 Å². The van der Waals surface area contributed by atoms with Gasteiger partial charge in [-0.3, -0.25) is 4.72 Å². The quantitative estimate of drug-likeness (QED) is 0.852. The van der Waals surface area contributed by atoms with Gasteiger partial charge in [-0.1, -0.05) is 25.1 Å². The molecule has 0 amide bonds. The van der Waals surface area contributed by atoms with Crippen molar-refractivity contribution in [2.75, 3.05) is 10.5 Å². The maximum atomic E-state index is 12.6. The summed E-state index contributed by atoms with van der Waals surface area (Å²) in [6.45, 7) is 5.76. The highest BCUT2D eigenvalue weighted by atomic mass is 32.2. The Morgan fingerprint density at radius 1 is 1.10 bits per heavy atom. The Labute approximate surface area is 126 Å². The first kappa shape index (κ1) is 15.4. The zero-order valence-electron chi connectivity index (χ0n) is 12.5. The fourth-order valence-corrected chi connectivity index (χ4v) is 3.47. The van der Waals surface area contributed by atoms with E-state index in [2.05, 4.69) is 4.72 Å². The number of hydrogen-bond acceptors (Lipinski definition) is 3. The average molecular weight is 304 g/mol. The van der Waals surface area contributed by atoms with Gasteiger partial charge in [0.05, 0.1) is 11.4 Å². The molecule has 0 saturated heterocycles. The summed E-state index contributed by atoms with van der Waals surface area (Å²) in [6, 6.07) is 10.7. The predicted molar refractivity (Wildman–Crippen MR) is 87.0 cm³/mol. The monoisotopic (exact) mass is 304 g/mol. The van der Waals surface area contributed by atoms with Crippen molar-refractivity contribution in [2.24, 2.45) is 0 Å². The van der Waals surface area contributed by atoms with Gasteiger partial charge in [-0.15, -0.1) is 0 Å². The maximum Gasteiger partial charge on any atom is 0.263 e. The number of nitrogens with one attached hydrogen (secondary N) is 1. The molecular weight excluding hydrogens is 284 g/mol. The van der Waals surface area contributed by atoms with E-state index in [4.69, 9.17) is 5.73 Å². The van der Waals surface area contributed by atoms with Crippen LogP contribution in [0, 0.1) is 13.8 Å². The minimum atomic E-state index is -3.69. The average Bonchev–Trinajstić information content (AvgIpc) is 2.43. The standard InChI is InChI=1S/C16H20N2O2S/c1-4-13-7-5-6-8-15(13)18-21(19,20)16-10-12(3)11(2)9-14(16)17/h5-10,18H,4,17H2,1-3H3. The Hall–Kier alpha value is -2.01. The van der Waals surface area contributed by atoms with Crippen LogP contribution in [0.2, 0.25) is 0 Å². The fraction of sp³-hybridized carbons (Fsp3) is 0.250.